The van der Waals surface area contributed by atoms with E-state index in [4.69, 9.17) is 5.26 Å². The molecule has 0 saturated carbocycles. The molecule has 0 radical (unpaired) electrons. The number of rotatable bonds is 3. The summed E-state index contributed by atoms with van der Waals surface area (Å²) in [7, 11) is 0. The number of phenols is 1. The largest absolute Gasteiger partial charge is 0.507 e. The fraction of sp³-hybridized carbons (Fsp3) is 0.176. The number of aromatic hydroxyl groups is 1. The lowest BCUT2D eigenvalue weighted by atomic mass is 10.2. The van der Waals surface area contributed by atoms with Gasteiger partial charge in [0.25, 0.3) is 0 Å². The van der Waals surface area contributed by atoms with Crippen LogP contribution < -0.4 is 4.90 Å². The number of carbonyl (C=O) groups is 1. The molecule has 1 aliphatic heterocycles. The molecule has 1 amide bonds. The molecule has 4 nitrogen and oxygen atoms in total. The molecule has 0 bridgehead atoms. The van der Waals surface area contributed by atoms with Crippen molar-refractivity contribution in [3.63, 3.8) is 0 Å². The van der Waals surface area contributed by atoms with Crippen LogP contribution in [0, 0.1) is 11.3 Å². The van der Waals surface area contributed by atoms with Gasteiger partial charge in [-0.05, 0) is 42.8 Å². The number of para-hydroxylation sites is 1. The Bertz CT molecular complexity index is 737. The zero-order valence-electron chi connectivity index (χ0n) is 11.8. The molecule has 1 saturated heterocycles. The van der Waals surface area contributed by atoms with Gasteiger partial charge in [-0.2, -0.15) is 5.26 Å². The summed E-state index contributed by atoms with van der Waals surface area (Å²) >= 11 is 1.40. The molecule has 2 aromatic carbocycles. The minimum absolute atomic E-state index is 0.0398. The van der Waals surface area contributed by atoms with Crippen molar-refractivity contribution in [1.82, 2.24) is 0 Å². The van der Waals surface area contributed by atoms with Gasteiger partial charge in [0.2, 0.25) is 5.91 Å². The Balaban J connectivity index is 1.74. The number of amides is 1. The van der Waals surface area contributed by atoms with Gasteiger partial charge in [-0.25, -0.2) is 0 Å². The van der Waals surface area contributed by atoms with Crippen molar-refractivity contribution in [1.29, 1.82) is 5.26 Å². The van der Waals surface area contributed by atoms with E-state index in [0.29, 0.717) is 12.1 Å². The Kier molecular flexibility index (Phi) is 4.03. The second kappa shape index (κ2) is 6.12. The van der Waals surface area contributed by atoms with Crippen molar-refractivity contribution in [3.05, 3.63) is 54.1 Å². The fourth-order valence-electron chi connectivity index (χ4n) is 2.45. The van der Waals surface area contributed by atoms with Crippen molar-refractivity contribution in [2.45, 2.75) is 16.6 Å². The van der Waals surface area contributed by atoms with Gasteiger partial charge in [0.05, 0.1) is 16.9 Å². The molecule has 1 fully saturated rings. The topological polar surface area (TPSA) is 64.3 Å². The first kappa shape index (κ1) is 14.5. The normalized spacial score (nSPS) is 17.5. The predicted molar refractivity (Wildman–Crippen MR) is 85.9 cm³/mol. The third-order valence-corrected chi connectivity index (χ3v) is 4.92. The second-order valence-corrected chi connectivity index (χ2v) is 6.26. The number of nitrogens with zero attached hydrogens (tertiary/aromatic N) is 2. The van der Waals surface area contributed by atoms with Crippen molar-refractivity contribution >= 4 is 23.4 Å². The summed E-state index contributed by atoms with van der Waals surface area (Å²) in [6.07, 6.45) is 0.734. The van der Waals surface area contributed by atoms with Crippen LogP contribution in [0.15, 0.2) is 53.4 Å². The first-order valence-corrected chi connectivity index (χ1v) is 7.83. The van der Waals surface area contributed by atoms with Crippen LogP contribution in [0.5, 0.6) is 5.75 Å². The number of hydrogen-bond acceptors (Lipinski definition) is 4. The minimum atomic E-state index is -0.191. The lowest BCUT2D eigenvalue weighted by Crippen LogP contribution is -2.27. The second-order valence-electron chi connectivity index (χ2n) is 5.01. The SMILES string of the molecule is N#Cc1ccc(N2CC[C@@H](Sc3ccccc3O)C2=O)cc1. The summed E-state index contributed by atoms with van der Waals surface area (Å²) < 4.78 is 0. The van der Waals surface area contributed by atoms with Crippen molar-refractivity contribution in [3.8, 4) is 11.8 Å². The average Bonchev–Trinajstić information content (AvgIpc) is 2.91. The molecule has 5 heteroatoms. The molecule has 0 spiro atoms. The predicted octanol–water partition coefficient (Wildman–Crippen LogP) is 3.16. The summed E-state index contributed by atoms with van der Waals surface area (Å²) in [5.41, 5.74) is 1.39. The smallest absolute Gasteiger partial charge is 0.240 e. The van der Waals surface area contributed by atoms with Gasteiger partial charge in [0.1, 0.15) is 5.75 Å². The molecular formula is C17H14N2O2S. The molecule has 22 heavy (non-hydrogen) atoms. The highest BCUT2D eigenvalue weighted by Gasteiger charge is 2.33. The Morgan fingerprint density at radius 1 is 1.18 bits per heavy atom. The molecule has 1 N–H and O–H groups in total. The van der Waals surface area contributed by atoms with Crippen LogP contribution in [0.1, 0.15) is 12.0 Å². The highest BCUT2D eigenvalue weighted by atomic mass is 32.2. The van der Waals surface area contributed by atoms with E-state index in [-0.39, 0.29) is 16.9 Å². The number of phenolic OH excluding ortho intramolecular Hbond substituents is 1. The monoisotopic (exact) mass is 310 g/mol. The standard InChI is InChI=1S/C17H14N2O2S/c18-11-12-5-7-13(8-6-12)19-10-9-16(17(19)21)22-15-4-2-1-3-14(15)20/h1-8,16,20H,9-10H2/t16-/m1/s1. The van der Waals surface area contributed by atoms with Gasteiger partial charge >= 0.3 is 0 Å². The molecule has 1 atom stereocenters. The summed E-state index contributed by atoms with van der Waals surface area (Å²) in [5.74, 6) is 0.245. The number of anilines is 1. The first-order valence-electron chi connectivity index (χ1n) is 6.95. The highest BCUT2D eigenvalue weighted by Crippen LogP contribution is 2.36. The Hall–Kier alpha value is -2.45. The summed E-state index contributed by atoms with van der Waals surface area (Å²) in [6, 6.07) is 16.1. The van der Waals surface area contributed by atoms with Gasteiger partial charge in [-0.3, -0.25) is 4.79 Å². The van der Waals surface area contributed by atoms with E-state index in [9.17, 15) is 9.90 Å². The van der Waals surface area contributed by atoms with Crippen molar-refractivity contribution in [2.75, 3.05) is 11.4 Å². The van der Waals surface area contributed by atoms with E-state index >= 15 is 0 Å². The van der Waals surface area contributed by atoms with Gasteiger partial charge < -0.3 is 10.0 Å². The van der Waals surface area contributed by atoms with E-state index in [1.807, 2.05) is 12.1 Å². The van der Waals surface area contributed by atoms with E-state index in [1.54, 1.807) is 41.3 Å². The number of hydrogen-bond donors (Lipinski definition) is 1. The van der Waals surface area contributed by atoms with Crippen LogP contribution >= 0.6 is 11.8 Å². The number of carbonyl (C=O) groups excluding carboxylic acids is 1. The Morgan fingerprint density at radius 2 is 1.91 bits per heavy atom. The molecule has 1 aliphatic rings. The van der Waals surface area contributed by atoms with Gasteiger partial charge in [-0.1, -0.05) is 12.1 Å². The molecule has 0 aliphatic carbocycles. The van der Waals surface area contributed by atoms with Gasteiger partial charge in [-0.15, -0.1) is 11.8 Å². The Morgan fingerprint density at radius 3 is 2.59 bits per heavy atom. The van der Waals surface area contributed by atoms with Gasteiger partial charge in [0.15, 0.2) is 0 Å². The zero-order valence-corrected chi connectivity index (χ0v) is 12.6. The number of nitriles is 1. The van der Waals surface area contributed by atoms with Crippen molar-refractivity contribution < 1.29 is 9.90 Å². The molecule has 2 aromatic rings. The molecule has 110 valence electrons. The summed E-state index contributed by atoms with van der Waals surface area (Å²) in [5, 5.41) is 18.5. The molecular weight excluding hydrogens is 296 g/mol. The van der Waals surface area contributed by atoms with Crippen LogP contribution in [0.3, 0.4) is 0 Å². The lowest BCUT2D eigenvalue weighted by molar-refractivity contribution is -0.116. The van der Waals surface area contributed by atoms with Gasteiger partial charge in [0, 0.05) is 17.1 Å². The van der Waals surface area contributed by atoms with E-state index in [1.165, 1.54) is 11.8 Å². The molecule has 0 unspecified atom stereocenters. The van der Waals surface area contributed by atoms with Crippen LogP contribution in [-0.2, 0) is 4.79 Å². The quantitative estimate of drug-likeness (QED) is 0.946. The third kappa shape index (κ3) is 2.78. The van der Waals surface area contributed by atoms with Crippen molar-refractivity contribution in [2.24, 2.45) is 0 Å². The first-order chi connectivity index (χ1) is 10.7. The average molecular weight is 310 g/mol. The van der Waals surface area contributed by atoms with Crippen LogP contribution in [-0.4, -0.2) is 22.8 Å². The third-order valence-electron chi connectivity index (χ3n) is 3.60. The molecule has 1 heterocycles. The summed E-state index contributed by atoms with van der Waals surface area (Å²) in [6.45, 7) is 0.649. The number of benzene rings is 2. The maximum Gasteiger partial charge on any atom is 0.240 e. The van der Waals surface area contributed by atoms with Crippen LogP contribution in [0.4, 0.5) is 5.69 Å². The van der Waals surface area contributed by atoms with E-state index in [0.717, 1.165) is 17.0 Å². The Labute approximate surface area is 133 Å². The fourth-order valence-corrected chi connectivity index (χ4v) is 3.55. The maximum atomic E-state index is 12.5. The highest BCUT2D eigenvalue weighted by molar-refractivity contribution is 8.00. The van der Waals surface area contributed by atoms with Crippen LogP contribution in [0.2, 0.25) is 0 Å². The van der Waals surface area contributed by atoms with E-state index in [2.05, 4.69) is 6.07 Å². The molecule has 3 rings (SSSR count). The van der Waals surface area contributed by atoms with Crippen LogP contribution in [0.25, 0.3) is 0 Å². The zero-order chi connectivity index (χ0) is 15.5. The number of thioether (sulfide) groups is 1. The van der Waals surface area contributed by atoms with E-state index < -0.39 is 0 Å². The lowest BCUT2D eigenvalue weighted by Gasteiger charge is -2.17. The summed E-state index contributed by atoms with van der Waals surface area (Å²) in [4.78, 5) is 15.0. The minimum Gasteiger partial charge on any atom is -0.507 e. The molecule has 0 aromatic heterocycles. The maximum absolute atomic E-state index is 12.5.